The van der Waals surface area contributed by atoms with Gasteiger partial charge in [0.25, 0.3) is 0 Å². The topological polar surface area (TPSA) is 42.0 Å². The van der Waals surface area contributed by atoms with Crippen LogP contribution in [0.4, 0.5) is 5.82 Å². The fraction of sp³-hybridized carbons (Fsp3) is 0.455. The number of hydrogen-bond donors (Lipinski definition) is 1. The van der Waals surface area contributed by atoms with Crippen molar-refractivity contribution in [3.8, 4) is 0 Å². The van der Waals surface area contributed by atoms with Crippen molar-refractivity contribution in [2.45, 2.75) is 20.3 Å². The number of nitrogens with one attached hydrogen (secondary N) is 1. The first kappa shape index (κ1) is 9.19. The molecule has 1 amide bonds. The van der Waals surface area contributed by atoms with Gasteiger partial charge >= 0.3 is 0 Å². The van der Waals surface area contributed by atoms with Crippen LogP contribution in [-0.4, -0.2) is 10.9 Å². The molecular formula is C11H14N2O. The molecule has 2 unspecified atom stereocenters. The normalized spacial score (nSPS) is 29.7. The zero-order valence-corrected chi connectivity index (χ0v) is 8.45. The lowest BCUT2D eigenvalue weighted by Gasteiger charge is -2.09. The van der Waals surface area contributed by atoms with Gasteiger partial charge in [0.2, 0.25) is 5.91 Å². The van der Waals surface area contributed by atoms with Gasteiger partial charge in [0, 0.05) is 11.6 Å². The van der Waals surface area contributed by atoms with Gasteiger partial charge in [0.1, 0.15) is 5.82 Å². The van der Waals surface area contributed by atoms with Gasteiger partial charge in [-0.2, -0.15) is 0 Å². The summed E-state index contributed by atoms with van der Waals surface area (Å²) in [4.78, 5) is 15.8. The molecule has 0 bridgehead atoms. The quantitative estimate of drug-likeness (QED) is 0.775. The number of carbonyl (C=O) groups excluding carboxylic acids is 1. The Balaban J connectivity index is 2.03. The van der Waals surface area contributed by atoms with Crippen LogP contribution in [0.15, 0.2) is 24.4 Å². The highest BCUT2D eigenvalue weighted by atomic mass is 16.2. The van der Waals surface area contributed by atoms with E-state index in [4.69, 9.17) is 0 Å². The number of anilines is 1. The van der Waals surface area contributed by atoms with Crippen molar-refractivity contribution in [3.05, 3.63) is 24.4 Å². The standard InChI is InChI=1S/C11H14N2O/c1-8-7-11(8,2)10(14)13-9-5-3-4-6-12-9/h3-6,8H,7H2,1-2H3,(H,12,13,14). The predicted octanol–water partition coefficient (Wildman–Crippen LogP) is 2.07. The summed E-state index contributed by atoms with van der Waals surface area (Å²) in [6.07, 6.45) is 2.65. The molecule has 14 heavy (non-hydrogen) atoms. The molecule has 0 spiro atoms. The first-order valence-electron chi connectivity index (χ1n) is 4.85. The van der Waals surface area contributed by atoms with Gasteiger partial charge < -0.3 is 5.32 Å². The summed E-state index contributed by atoms with van der Waals surface area (Å²) < 4.78 is 0. The van der Waals surface area contributed by atoms with Crippen LogP contribution in [0.5, 0.6) is 0 Å². The first-order valence-corrected chi connectivity index (χ1v) is 4.85. The van der Waals surface area contributed by atoms with Crippen molar-refractivity contribution in [1.29, 1.82) is 0 Å². The van der Waals surface area contributed by atoms with Crippen LogP contribution in [0.3, 0.4) is 0 Å². The average molecular weight is 190 g/mol. The van der Waals surface area contributed by atoms with E-state index < -0.39 is 0 Å². The lowest BCUT2D eigenvalue weighted by atomic mass is 10.1. The van der Waals surface area contributed by atoms with E-state index in [1.807, 2.05) is 19.1 Å². The summed E-state index contributed by atoms with van der Waals surface area (Å²) in [5.74, 6) is 1.22. The van der Waals surface area contributed by atoms with Crippen LogP contribution < -0.4 is 5.32 Å². The fourth-order valence-electron chi connectivity index (χ4n) is 1.59. The molecular weight excluding hydrogens is 176 g/mol. The van der Waals surface area contributed by atoms with Gasteiger partial charge in [0.05, 0.1) is 0 Å². The summed E-state index contributed by atoms with van der Waals surface area (Å²) in [7, 11) is 0. The smallest absolute Gasteiger partial charge is 0.231 e. The molecule has 74 valence electrons. The van der Waals surface area contributed by atoms with E-state index in [0.717, 1.165) is 6.42 Å². The number of rotatable bonds is 2. The number of nitrogens with zero attached hydrogens (tertiary/aromatic N) is 1. The van der Waals surface area contributed by atoms with Gasteiger partial charge in [-0.25, -0.2) is 4.98 Å². The van der Waals surface area contributed by atoms with Gasteiger partial charge in [-0.15, -0.1) is 0 Å². The van der Waals surface area contributed by atoms with Gasteiger partial charge in [-0.3, -0.25) is 4.79 Å². The molecule has 1 aliphatic carbocycles. The van der Waals surface area contributed by atoms with E-state index >= 15 is 0 Å². The summed E-state index contributed by atoms with van der Waals surface area (Å²) in [6.45, 7) is 4.09. The highest BCUT2D eigenvalue weighted by Crippen LogP contribution is 2.52. The molecule has 0 aliphatic heterocycles. The molecule has 1 aliphatic rings. The highest BCUT2D eigenvalue weighted by Gasteiger charge is 2.52. The van der Waals surface area contributed by atoms with Crippen LogP contribution in [0.1, 0.15) is 20.3 Å². The third-order valence-electron chi connectivity index (χ3n) is 3.08. The maximum atomic E-state index is 11.8. The highest BCUT2D eigenvalue weighted by molar-refractivity contribution is 5.96. The third kappa shape index (κ3) is 1.50. The molecule has 1 N–H and O–H groups in total. The van der Waals surface area contributed by atoms with E-state index in [9.17, 15) is 4.79 Å². The second-order valence-electron chi connectivity index (χ2n) is 4.19. The van der Waals surface area contributed by atoms with Crippen LogP contribution >= 0.6 is 0 Å². The minimum Gasteiger partial charge on any atom is -0.310 e. The molecule has 3 nitrogen and oxygen atoms in total. The zero-order valence-electron chi connectivity index (χ0n) is 8.45. The lowest BCUT2D eigenvalue weighted by molar-refractivity contribution is -0.121. The molecule has 1 aromatic rings. The Bertz CT molecular complexity index is 350. The Morgan fingerprint density at radius 2 is 2.36 bits per heavy atom. The van der Waals surface area contributed by atoms with Crippen molar-refractivity contribution >= 4 is 11.7 Å². The number of amides is 1. The van der Waals surface area contributed by atoms with Gasteiger partial charge in [-0.05, 0) is 24.5 Å². The molecule has 3 heteroatoms. The van der Waals surface area contributed by atoms with Crippen LogP contribution in [-0.2, 0) is 4.79 Å². The Morgan fingerprint density at radius 3 is 2.86 bits per heavy atom. The Kier molecular flexibility index (Phi) is 2.02. The summed E-state index contributed by atoms with van der Waals surface area (Å²) in [6, 6.07) is 5.49. The molecule has 2 rings (SSSR count). The summed E-state index contributed by atoms with van der Waals surface area (Å²) in [5, 5.41) is 2.82. The monoisotopic (exact) mass is 190 g/mol. The van der Waals surface area contributed by atoms with E-state index in [2.05, 4.69) is 17.2 Å². The number of aromatic nitrogens is 1. The molecule has 0 radical (unpaired) electrons. The molecule has 1 heterocycles. The fourth-order valence-corrected chi connectivity index (χ4v) is 1.59. The van der Waals surface area contributed by atoms with Crippen molar-refractivity contribution in [3.63, 3.8) is 0 Å². The Morgan fingerprint density at radius 1 is 1.64 bits per heavy atom. The number of carbonyl (C=O) groups is 1. The van der Waals surface area contributed by atoms with E-state index in [-0.39, 0.29) is 11.3 Å². The maximum absolute atomic E-state index is 11.8. The first-order chi connectivity index (χ1) is 6.63. The SMILES string of the molecule is CC1CC1(C)C(=O)Nc1ccccn1. The predicted molar refractivity (Wildman–Crippen MR) is 54.8 cm³/mol. The van der Waals surface area contributed by atoms with Crippen LogP contribution in [0.25, 0.3) is 0 Å². The van der Waals surface area contributed by atoms with E-state index in [1.165, 1.54) is 0 Å². The minimum atomic E-state index is -0.169. The van der Waals surface area contributed by atoms with E-state index in [0.29, 0.717) is 11.7 Å². The van der Waals surface area contributed by atoms with Crippen molar-refractivity contribution in [1.82, 2.24) is 4.98 Å². The van der Waals surface area contributed by atoms with Crippen molar-refractivity contribution < 1.29 is 4.79 Å². The van der Waals surface area contributed by atoms with Gasteiger partial charge in [0.15, 0.2) is 0 Å². The number of hydrogen-bond acceptors (Lipinski definition) is 2. The molecule has 0 aromatic carbocycles. The second kappa shape index (κ2) is 3.08. The molecule has 2 atom stereocenters. The maximum Gasteiger partial charge on any atom is 0.231 e. The summed E-state index contributed by atoms with van der Waals surface area (Å²) in [5.41, 5.74) is -0.169. The molecule has 0 saturated heterocycles. The Hall–Kier alpha value is -1.38. The minimum absolute atomic E-state index is 0.0868. The average Bonchev–Trinajstić information content (AvgIpc) is 2.78. The largest absolute Gasteiger partial charge is 0.310 e. The molecule has 1 fully saturated rings. The molecule has 1 aromatic heterocycles. The molecule has 1 saturated carbocycles. The van der Waals surface area contributed by atoms with Crippen molar-refractivity contribution in [2.75, 3.05) is 5.32 Å². The third-order valence-corrected chi connectivity index (χ3v) is 3.08. The number of pyridine rings is 1. The lowest BCUT2D eigenvalue weighted by Crippen LogP contribution is -2.23. The van der Waals surface area contributed by atoms with Crippen LogP contribution in [0.2, 0.25) is 0 Å². The van der Waals surface area contributed by atoms with Crippen molar-refractivity contribution in [2.24, 2.45) is 11.3 Å². The van der Waals surface area contributed by atoms with Gasteiger partial charge in [-0.1, -0.05) is 19.9 Å². The summed E-state index contributed by atoms with van der Waals surface area (Å²) >= 11 is 0. The Labute approximate surface area is 83.5 Å². The van der Waals surface area contributed by atoms with Crippen LogP contribution in [0, 0.1) is 11.3 Å². The second-order valence-corrected chi connectivity index (χ2v) is 4.19. The van der Waals surface area contributed by atoms with E-state index in [1.54, 1.807) is 12.3 Å². The zero-order chi connectivity index (χ0) is 10.2.